The van der Waals surface area contributed by atoms with Crippen LogP contribution in [0.1, 0.15) is 71.6 Å². The maximum Gasteiger partial charge on any atom is 0.267 e. The number of rotatable bonds is 11. The summed E-state index contributed by atoms with van der Waals surface area (Å²) in [6, 6.07) is 0. The molecule has 0 aliphatic rings. The van der Waals surface area contributed by atoms with Crippen LogP contribution in [0.15, 0.2) is 0 Å². The molecule has 0 bridgehead atoms. The molecule has 0 aromatic heterocycles. The fourth-order valence-electron chi connectivity index (χ4n) is 2.15. The molecule has 110 valence electrons. The van der Waals surface area contributed by atoms with E-state index in [4.69, 9.17) is 4.55 Å². The van der Waals surface area contributed by atoms with Gasteiger partial charge in [-0.1, -0.05) is 46.0 Å². The van der Waals surface area contributed by atoms with Gasteiger partial charge in [0.1, 0.15) is 0 Å². The minimum absolute atomic E-state index is 0.184. The lowest BCUT2D eigenvalue weighted by atomic mass is 10.0. The van der Waals surface area contributed by atoms with Crippen LogP contribution in [0.3, 0.4) is 0 Å². The highest BCUT2D eigenvalue weighted by Crippen LogP contribution is 2.15. The molecule has 0 spiro atoms. The van der Waals surface area contributed by atoms with Crippen LogP contribution in [0.25, 0.3) is 0 Å². The first-order valence-corrected chi connectivity index (χ1v) is 8.56. The van der Waals surface area contributed by atoms with Crippen molar-refractivity contribution in [3.05, 3.63) is 0 Å². The lowest BCUT2D eigenvalue weighted by Crippen LogP contribution is -2.19. The van der Waals surface area contributed by atoms with E-state index in [9.17, 15) is 13.5 Å². The van der Waals surface area contributed by atoms with Gasteiger partial charge in [0.2, 0.25) is 0 Å². The predicted octanol–water partition coefficient (Wildman–Crippen LogP) is 3.15. The molecule has 18 heavy (non-hydrogen) atoms. The van der Waals surface area contributed by atoms with Crippen LogP contribution in [-0.4, -0.2) is 29.4 Å². The van der Waals surface area contributed by atoms with E-state index >= 15 is 0 Å². The topological polar surface area (TPSA) is 74.6 Å². The third kappa shape index (κ3) is 8.89. The molecule has 5 heteroatoms. The Hall–Kier alpha value is -0.130. The van der Waals surface area contributed by atoms with Gasteiger partial charge in [0.25, 0.3) is 10.1 Å². The normalized spacial score (nSPS) is 15.6. The quantitative estimate of drug-likeness (QED) is 0.450. The van der Waals surface area contributed by atoms with Gasteiger partial charge in [-0.05, 0) is 25.7 Å². The Balaban J connectivity index is 3.56. The summed E-state index contributed by atoms with van der Waals surface area (Å²) in [5, 5.41) is 8.92. The number of aliphatic hydroxyl groups is 1. The van der Waals surface area contributed by atoms with Crippen molar-refractivity contribution >= 4 is 10.1 Å². The fourth-order valence-corrected chi connectivity index (χ4v) is 3.03. The van der Waals surface area contributed by atoms with Crippen LogP contribution in [0, 0.1) is 0 Å². The summed E-state index contributed by atoms with van der Waals surface area (Å²) in [7, 11) is -3.87. The van der Waals surface area contributed by atoms with Crippen molar-refractivity contribution in [3.63, 3.8) is 0 Å². The summed E-state index contributed by atoms with van der Waals surface area (Å²) in [4.78, 5) is 0. The van der Waals surface area contributed by atoms with E-state index in [1.54, 1.807) is 6.92 Å². The Morgan fingerprint density at radius 2 is 1.50 bits per heavy atom. The van der Waals surface area contributed by atoms with Gasteiger partial charge in [0, 0.05) is 0 Å². The second kappa shape index (κ2) is 9.75. The van der Waals surface area contributed by atoms with Crippen LogP contribution >= 0.6 is 0 Å². The second-order valence-electron chi connectivity index (χ2n) is 4.98. The van der Waals surface area contributed by atoms with Gasteiger partial charge in [-0.2, -0.15) is 8.42 Å². The Kier molecular flexibility index (Phi) is 9.68. The van der Waals surface area contributed by atoms with Crippen molar-refractivity contribution in [1.29, 1.82) is 0 Å². The van der Waals surface area contributed by atoms with Crippen LogP contribution in [0.2, 0.25) is 0 Å². The number of unbranched alkanes of at least 4 members (excludes halogenated alkanes) is 3. The van der Waals surface area contributed by atoms with Crippen molar-refractivity contribution < 1.29 is 18.1 Å². The Labute approximate surface area is 112 Å². The Bertz CT molecular complexity index is 287. The molecule has 0 heterocycles. The summed E-state index contributed by atoms with van der Waals surface area (Å²) in [5.41, 5.74) is 0. The van der Waals surface area contributed by atoms with E-state index in [0.29, 0.717) is 12.8 Å². The minimum atomic E-state index is -3.87. The minimum Gasteiger partial charge on any atom is -0.393 e. The summed E-state index contributed by atoms with van der Waals surface area (Å²) in [6.07, 6.45) is 7.31. The zero-order chi connectivity index (χ0) is 14.0. The first-order chi connectivity index (χ1) is 8.41. The molecule has 0 aliphatic heterocycles. The van der Waals surface area contributed by atoms with E-state index < -0.39 is 15.4 Å². The summed E-state index contributed by atoms with van der Waals surface area (Å²) in [5.74, 6) is 0. The first-order valence-electron chi connectivity index (χ1n) is 7.06. The average Bonchev–Trinajstić information content (AvgIpc) is 2.26. The van der Waals surface area contributed by atoms with Crippen molar-refractivity contribution in [3.8, 4) is 0 Å². The smallest absolute Gasteiger partial charge is 0.267 e. The maximum absolute atomic E-state index is 11.0. The van der Waals surface area contributed by atoms with Gasteiger partial charge in [-0.25, -0.2) is 0 Å². The van der Waals surface area contributed by atoms with Crippen molar-refractivity contribution in [2.75, 3.05) is 0 Å². The fraction of sp³-hybridized carbons (Fsp3) is 1.00. The highest BCUT2D eigenvalue weighted by Gasteiger charge is 2.19. The largest absolute Gasteiger partial charge is 0.393 e. The molecule has 0 amide bonds. The lowest BCUT2D eigenvalue weighted by molar-refractivity contribution is 0.150. The molecule has 4 nitrogen and oxygen atoms in total. The van der Waals surface area contributed by atoms with Crippen molar-refractivity contribution in [1.82, 2.24) is 0 Å². The van der Waals surface area contributed by atoms with Crippen LogP contribution in [0.5, 0.6) is 0 Å². The predicted molar refractivity (Wildman–Crippen MR) is 74.2 cm³/mol. The van der Waals surface area contributed by atoms with E-state index in [1.807, 2.05) is 0 Å². The number of hydrogen-bond donors (Lipinski definition) is 2. The number of aliphatic hydroxyl groups excluding tert-OH is 1. The van der Waals surface area contributed by atoms with Crippen LogP contribution in [-0.2, 0) is 10.1 Å². The molecule has 2 unspecified atom stereocenters. The Morgan fingerprint density at radius 3 is 1.94 bits per heavy atom. The molecule has 2 atom stereocenters. The molecular weight excluding hydrogens is 252 g/mol. The third-order valence-corrected chi connectivity index (χ3v) is 4.72. The van der Waals surface area contributed by atoms with Crippen molar-refractivity contribution in [2.24, 2.45) is 0 Å². The van der Waals surface area contributed by atoms with Gasteiger partial charge in [-0.15, -0.1) is 0 Å². The van der Waals surface area contributed by atoms with Crippen molar-refractivity contribution in [2.45, 2.75) is 83.0 Å². The third-order valence-electron chi connectivity index (χ3n) is 3.31. The van der Waals surface area contributed by atoms with Crippen LogP contribution in [0.4, 0.5) is 0 Å². The van der Waals surface area contributed by atoms with Gasteiger partial charge in [0.05, 0.1) is 11.4 Å². The van der Waals surface area contributed by atoms with E-state index in [0.717, 1.165) is 44.9 Å². The molecule has 0 saturated heterocycles. The van der Waals surface area contributed by atoms with Gasteiger partial charge < -0.3 is 5.11 Å². The first kappa shape index (κ1) is 17.9. The number of hydrogen-bond acceptors (Lipinski definition) is 3. The molecule has 0 fully saturated rings. The molecular formula is C13H28O4S. The monoisotopic (exact) mass is 280 g/mol. The summed E-state index contributed by atoms with van der Waals surface area (Å²) >= 11 is 0. The maximum atomic E-state index is 11.0. The van der Waals surface area contributed by atoms with E-state index in [-0.39, 0.29) is 6.10 Å². The standard InChI is InChI=1S/C13H28O4S/c1-3-9-12(14)10-7-5-6-8-11-13(4-2)18(15,16)17/h12-14H,3-11H2,1-2H3,(H,15,16,17). The van der Waals surface area contributed by atoms with Gasteiger partial charge in [-0.3, -0.25) is 4.55 Å². The molecule has 0 aromatic rings. The molecule has 2 N–H and O–H groups in total. The van der Waals surface area contributed by atoms with E-state index in [1.165, 1.54) is 0 Å². The lowest BCUT2D eigenvalue weighted by Gasteiger charge is -2.11. The molecule has 0 radical (unpaired) electrons. The zero-order valence-electron chi connectivity index (χ0n) is 11.6. The molecule has 0 saturated carbocycles. The SMILES string of the molecule is CCCC(O)CCCCCCC(CC)S(=O)(=O)O. The second-order valence-corrected chi connectivity index (χ2v) is 6.68. The van der Waals surface area contributed by atoms with Gasteiger partial charge >= 0.3 is 0 Å². The Morgan fingerprint density at radius 1 is 0.944 bits per heavy atom. The summed E-state index contributed by atoms with van der Waals surface area (Å²) < 4.78 is 30.9. The van der Waals surface area contributed by atoms with Crippen LogP contribution < -0.4 is 0 Å². The molecule has 0 rings (SSSR count). The van der Waals surface area contributed by atoms with E-state index in [2.05, 4.69) is 6.92 Å². The highest BCUT2D eigenvalue weighted by atomic mass is 32.2. The van der Waals surface area contributed by atoms with Gasteiger partial charge in [0.15, 0.2) is 0 Å². The summed E-state index contributed by atoms with van der Waals surface area (Å²) in [6.45, 7) is 3.84. The molecule has 0 aromatic carbocycles. The highest BCUT2D eigenvalue weighted by molar-refractivity contribution is 7.86. The zero-order valence-corrected chi connectivity index (χ0v) is 12.5. The molecule has 0 aliphatic carbocycles. The average molecular weight is 280 g/mol.